The summed E-state index contributed by atoms with van der Waals surface area (Å²) in [5.74, 6) is -3.00. The molecule has 8 nitrogen and oxygen atoms in total. The summed E-state index contributed by atoms with van der Waals surface area (Å²) >= 11 is 2.69. The summed E-state index contributed by atoms with van der Waals surface area (Å²) in [5, 5.41) is 13.1. The molecule has 1 saturated heterocycles. The van der Waals surface area contributed by atoms with Crippen molar-refractivity contribution < 1.29 is 29.0 Å². The number of carboxylic acid groups (broad SMARTS) is 1. The van der Waals surface area contributed by atoms with Gasteiger partial charge in [0.2, 0.25) is 11.8 Å². The number of carboxylic acids is 1. The lowest BCUT2D eigenvalue weighted by molar-refractivity contribution is -0.148. The highest BCUT2D eigenvalue weighted by atomic mass is 32.2. The molecule has 0 saturated carbocycles. The third-order valence-electron chi connectivity index (χ3n) is 4.00. The second-order valence-corrected chi connectivity index (χ2v) is 7.97. The first-order valence-corrected chi connectivity index (χ1v) is 9.52. The number of hydrogen-bond acceptors (Lipinski definition) is 7. The number of carbonyl (C=O) groups is 4. The van der Waals surface area contributed by atoms with Gasteiger partial charge in [-0.05, 0) is 11.4 Å². The first-order valence-electron chi connectivity index (χ1n) is 7.70. The Hall–Kier alpha value is -2.33. The highest BCUT2D eigenvalue weighted by Crippen LogP contribution is 2.51. The molecule has 2 aliphatic rings. The number of nitrogens with one attached hydrogen (secondary N) is 1. The molecular weight excluding hydrogens is 380 g/mol. The van der Waals surface area contributed by atoms with Gasteiger partial charge in [-0.25, -0.2) is 4.79 Å². The average Bonchev–Trinajstić information content (AvgIpc) is 3.05. The number of aliphatic carboxylic acids is 1. The molecule has 26 heavy (non-hydrogen) atoms. The SMILES string of the molecule is CC(=O)NC1S[C@@H]2C(c3cccs3)C(=O)N2C(C(=O)O)=C1COC(C)=O. The zero-order valence-electron chi connectivity index (χ0n) is 13.9. The van der Waals surface area contributed by atoms with Gasteiger partial charge in [0.25, 0.3) is 0 Å². The summed E-state index contributed by atoms with van der Waals surface area (Å²) in [6.45, 7) is 2.21. The van der Waals surface area contributed by atoms with Crippen LogP contribution in [0.5, 0.6) is 0 Å². The van der Waals surface area contributed by atoms with Crippen LogP contribution in [0.15, 0.2) is 28.8 Å². The number of rotatable bonds is 5. The van der Waals surface area contributed by atoms with E-state index < -0.39 is 28.6 Å². The van der Waals surface area contributed by atoms with E-state index in [-0.39, 0.29) is 29.7 Å². The smallest absolute Gasteiger partial charge is 0.352 e. The van der Waals surface area contributed by atoms with Gasteiger partial charge < -0.3 is 15.2 Å². The van der Waals surface area contributed by atoms with Crippen molar-refractivity contribution in [3.8, 4) is 0 Å². The van der Waals surface area contributed by atoms with E-state index in [9.17, 15) is 24.3 Å². The number of fused-ring (bicyclic) bond motifs is 1. The molecule has 0 radical (unpaired) electrons. The Balaban J connectivity index is 2.00. The predicted octanol–water partition coefficient (Wildman–Crippen LogP) is 1.11. The summed E-state index contributed by atoms with van der Waals surface area (Å²) in [6, 6.07) is 3.66. The number of nitrogens with zero attached hydrogens (tertiary/aromatic N) is 1. The van der Waals surface area contributed by atoms with E-state index in [0.717, 1.165) is 4.88 Å². The van der Waals surface area contributed by atoms with Crippen molar-refractivity contribution >= 4 is 46.9 Å². The molecule has 0 bridgehead atoms. The van der Waals surface area contributed by atoms with Crippen molar-refractivity contribution in [2.75, 3.05) is 6.61 Å². The molecule has 3 heterocycles. The highest BCUT2D eigenvalue weighted by molar-refractivity contribution is 8.00. The number of amides is 2. The van der Waals surface area contributed by atoms with Crippen LogP contribution in [0, 0.1) is 0 Å². The number of hydrogen-bond donors (Lipinski definition) is 2. The van der Waals surface area contributed by atoms with Crippen LogP contribution in [0.1, 0.15) is 24.6 Å². The lowest BCUT2D eigenvalue weighted by Gasteiger charge is -2.51. The topological polar surface area (TPSA) is 113 Å². The van der Waals surface area contributed by atoms with E-state index in [1.165, 1.54) is 41.8 Å². The molecule has 1 aromatic rings. The molecule has 0 aliphatic carbocycles. The molecule has 0 spiro atoms. The molecular formula is C16H16N2O6S2. The van der Waals surface area contributed by atoms with E-state index in [4.69, 9.17) is 4.74 Å². The first kappa shape index (κ1) is 18.5. The van der Waals surface area contributed by atoms with E-state index in [1.807, 2.05) is 17.5 Å². The van der Waals surface area contributed by atoms with Crippen LogP contribution in [0.4, 0.5) is 0 Å². The zero-order valence-corrected chi connectivity index (χ0v) is 15.6. The van der Waals surface area contributed by atoms with E-state index in [1.54, 1.807) is 0 Å². The molecule has 10 heteroatoms. The van der Waals surface area contributed by atoms with Gasteiger partial charge in [-0.2, -0.15) is 0 Å². The number of thioether (sulfide) groups is 1. The highest BCUT2D eigenvalue weighted by Gasteiger charge is 2.56. The lowest BCUT2D eigenvalue weighted by atomic mass is 9.93. The van der Waals surface area contributed by atoms with Gasteiger partial charge in [-0.15, -0.1) is 23.1 Å². The van der Waals surface area contributed by atoms with Crippen LogP contribution >= 0.6 is 23.1 Å². The molecule has 2 aliphatic heterocycles. The van der Waals surface area contributed by atoms with Crippen molar-refractivity contribution in [1.82, 2.24) is 10.2 Å². The number of thiophene rings is 1. The summed E-state index contributed by atoms with van der Waals surface area (Å²) < 4.78 is 4.95. The minimum atomic E-state index is -1.30. The van der Waals surface area contributed by atoms with Gasteiger partial charge in [-0.1, -0.05) is 6.07 Å². The molecule has 3 rings (SSSR count). The van der Waals surface area contributed by atoms with Crippen molar-refractivity contribution in [1.29, 1.82) is 0 Å². The Kier molecular flexibility index (Phi) is 5.05. The van der Waals surface area contributed by atoms with Gasteiger partial charge in [0.15, 0.2) is 0 Å². The molecule has 2 N–H and O–H groups in total. The Morgan fingerprint density at radius 3 is 2.62 bits per heavy atom. The fraction of sp³-hybridized carbons (Fsp3) is 0.375. The summed E-state index contributed by atoms with van der Waals surface area (Å²) in [5.41, 5.74) is -0.0475. The van der Waals surface area contributed by atoms with Gasteiger partial charge >= 0.3 is 11.9 Å². The Morgan fingerprint density at radius 2 is 2.08 bits per heavy atom. The number of carbonyl (C=O) groups excluding carboxylic acids is 3. The Bertz CT molecular complexity index is 804. The van der Waals surface area contributed by atoms with Crippen LogP contribution in [0.2, 0.25) is 0 Å². The van der Waals surface area contributed by atoms with Gasteiger partial charge in [0.05, 0.1) is 0 Å². The summed E-state index contributed by atoms with van der Waals surface area (Å²) in [6.07, 6.45) is 0. The van der Waals surface area contributed by atoms with Gasteiger partial charge in [0.1, 0.15) is 29.0 Å². The van der Waals surface area contributed by atoms with Gasteiger partial charge in [-0.3, -0.25) is 19.3 Å². The number of ether oxygens (including phenoxy) is 1. The number of esters is 1. The average molecular weight is 396 g/mol. The molecule has 3 atom stereocenters. The molecule has 0 aromatic carbocycles. The van der Waals surface area contributed by atoms with Crippen molar-refractivity contribution in [2.45, 2.75) is 30.5 Å². The minimum Gasteiger partial charge on any atom is -0.477 e. The van der Waals surface area contributed by atoms with Gasteiger partial charge in [0, 0.05) is 24.3 Å². The molecule has 2 amide bonds. The van der Waals surface area contributed by atoms with Crippen molar-refractivity contribution in [2.24, 2.45) is 0 Å². The predicted molar refractivity (Wildman–Crippen MR) is 94.2 cm³/mol. The maximum atomic E-state index is 12.6. The standard InChI is InChI=1S/C16H16N2O6S2/c1-7(19)17-13-9(6-24-8(2)20)12(16(22)23)18-14(21)11(15(18)26-13)10-4-3-5-25-10/h3-5,11,13,15H,6H2,1-2H3,(H,17,19)(H,22,23)/t11?,13?,15-/m1/s1. The summed E-state index contributed by atoms with van der Waals surface area (Å²) in [7, 11) is 0. The maximum Gasteiger partial charge on any atom is 0.352 e. The Morgan fingerprint density at radius 1 is 1.35 bits per heavy atom. The Labute approximate surface area is 157 Å². The third kappa shape index (κ3) is 3.21. The molecule has 1 fully saturated rings. The van der Waals surface area contributed by atoms with Crippen LogP contribution in [-0.2, 0) is 23.9 Å². The van der Waals surface area contributed by atoms with Crippen LogP contribution in [0.3, 0.4) is 0 Å². The van der Waals surface area contributed by atoms with Crippen molar-refractivity contribution in [3.63, 3.8) is 0 Å². The van der Waals surface area contributed by atoms with Crippen LogP contribution in [0.25, 0.3) is 0 Å². The maximum absolute atomic E-state index is 12.6. The zero-order chi connectivity index (χ0) is 19.0. The fourth-order valence-corrected chi connectivity index (χ4v) is 5.48. The molecule has 1 aromatic heterocycles. The molecule has 2 unspecified atom stereocenters. The largest absolute Gasteiger partial charge is 0.477 e. The van der Waals surface area contributed by atoms with E-state index in [2.05, 4.69) is 5.32 Å². The summed E-state index contributed by atoms with van der Waals surface area (Å²) in [4.78, 5) is 49.3. The van der Waals surface area contributed by atoms with E-state index in [0.29, 0.717) is 0 Å². The van der Waals surface area contributed by atoms with Crippen LogP contribution in [-0.4, -0.2) is 51.1 Å². The second kappa shape index (κ2) is 7.12. The monoisotopic (exact) mass is 396 g/mol. The molecule has 138 valence electrons. The fourth-order valence-electron chi connectivity index (χ4n) is 2.94. The minimum absolute atomic E-state index is 0.183. The van der Waals surface area contributed by atoms with E-state index >= 15 is 0 Å². The number of β-lactam (4-membered cyclic amide) rings is 1. The quantitative estimate of drug-likeness (QED) is 0.566. The first-order chi connectivity index (χ1) is 12.3. The van der Waals surface area contributed by atoms with Crippen molar-refractivity contribution in [3.05, 3.63) is 33.7 Å². The lowest BCUT2D eigenvalue weighted by Crippen LogP contribution is -2.62. The second-order valence-electron chi connectivity index (χ2n) is 5.77. The normalized spacial score (nSPS) is 24.6. The third-order valence-corrected chi connectivity index (χ3v) is 6.39. The van der Waals surface area contributed by atoms with Crippen LogP contribution < -0.4 is 5.32 Å².